The number of para-hydroxylation sites is 1. The Labute approximate surface area is 143 Å². The highest BCUT2D eigenvalue weighted by Gasteiger charge is 2.32. The maximum Gasteiger partial charge on any atom is 0.278 e. The van der Waals surface area contributed by atoms with Crippen molar-refractivity contribution in [1.82, 2.24) is 0 Å². The van der Waals surface area contributed by atoms with Gasteiger partial charge in [-0.2, -0.15) is 4.57 Å². The van der Waals surface area contributed by atoms with Gasteiger partial charge in [-0.3, -0.25) is 15.3 Å². The van der Waals surface area contributed by atoms with Crippen LogP contribution in [0.25, 0.3) is 5.69 Å². The highest BCUT2D eigenvalue weighted by atomic mass is 35.5. The molecule has 0 spiro atoms. The number of benzene rings is 2. The number of aromatic nitrogens is 1. The van der Waals surface area contributed by atoms with Crippen molar-refractivity contribution in [2.75, 3.05) is 5.73 Å². The van der Waals surface area contributed by atoms with Crippen LogP contribution < -0.4 is 10.3 Å². The van der Waals surface area contributed by atoms with Gasteiger partial charge in [0.1, 0.15) is 6.20 Å². The van der Waals surface area contributed by atoms with E-state index in [0.29, 0.717) is 38.8 Å². The van der Waals surface area contributed by atoms with E-state index in [4.69, 9.17) is 17.3 Å². The lowest BCUT2D eigenvalue weighted by molar-refractivity contribution is -0.580. The Kier molecular flexibility index (Phi) is 3.22. The SMILES string of the molecule is Nc1cc2c(c[n+]1-c1ccccc1Cl)C(=O)c1ccccc1C2=O. The van der Waals surface area contributed by atoms with Crippen LogP contribution >= 0.6 is 11.6 Å². The van der Waals surface area contributed by atoms with E-state index in [1.54, 1.807) is 47.2 Å². The Morgan fingerprint density at radius 3 is 2.04 bits per heavy atom. The molecule has 116 valence electrons. The minimum Gasteiger partial charge on any atom is -0.289 e. The van der Waals surface area contributed by atoms with Crippen LogP contribution in [0.1, 0.15) is 31.8 Å². The minimum atomic E-state index is -0.196. The van der Waals surface area contributed by atoms with Crippen molar-refractivity contribution in [2.45, 2.75) is 0 Å². The number of ketones is 2. The smallest absolute Gasteiger partial charge is 0.278 e. The molecule has 0 fully saturated rings. The van der Waals surface area contributed by atoms with Crippen LogP contribution in [0, 0.1) is 0 Å². The van der Waals surface area contributed by atoms with Gasteiger partial charge in [0.25, 0.3) is 5.82 Å². The third-order valence-corrected chi connectivity index (χ3v) is 4.46. The summed E-state index contributed by atoms with van der Waals surface area (Å²) in [6.07, 6.45) is 1.59. The normalized spacial score (nSPS) is 12.7. The largest absolute Gasteiger partial charge is 0.289 e. The number of pyridine rings is 1. The maximum atomic E-state index is 12.8. The van der Waals surface area contributed by atoms with Gasteiger partial charge < -0.3 is 0 Å². The van der Waals surface area contributed by atoms with Crippen molar-refractivity contribution in [2.24, 2.45) is 0 Å². The Hall–Kier alpha value is -2.98. The number of carbonyl (C=O) groups is 2. The molecule has 4 nitrogen and oxygen atoms in total. The topological polar surface area (TPSA) is 64.0 Å². The fraction of sp³-hybridized carbons (Fsp3) is 0. The molecule has 4 rings (SSSR count). The van der Waals surface area contributed by atoms with E-state index in [0.717, 1.165) is 0 Å². The summed E-state index contributed by atoms with van der Waals surface area (Å²) in [7, 11) is 0. The van der Waals surface area contributed by atoms with E-state index < -0.39 is 0 Å². The van der Waals surface area contributed by atoms with Gasteiger partial charge in [0.2, 0.25) is 0 Å². The molecule has 1 aromatic heterocycles. The quantitative estimate of drug-likeness (QED) is 0.544. The monoisotopic (exact) mass is 335 g/mol. The average Bonchev–Trinajstić information content (AvgIpc) is 2.60. The number of halogens is 1. The lowest BCUT2D eigenvalue weighted by atomic mass is 9.85. The van der Waals surface area contributed by atoms with Crippen LogP contribution in [0.4, 0.5) is 5.82 Å². The summed E-state index contributed by atoms with van der Waals surface area (Å²) < 4.78 is 1.63. The van der Waals surface area contributed by atoms with Gasteiger partial charge in [-0.15, -0.1) is 0 Å². The molecule has 5 heteroatoms. The van der Waals surface area contributed by atoms with E-state index in [2.05, 4.69) is 0 Å². The lowest BCUT2D eigenvalue weighted by Crippen LogP contribution is -2.37. The van der Waals surface area contributed by atoms with E-state index in [1.807, 2.05) is 12.1 Å². The molecule has 24 heavy (non-hydrogen) atoms. The number of rotatable bonds is 1. The van der Waals surface area contributed by atoms with Crippen LogP contribution in [0.15, 0.2) is 60.8 Å². The molecule has 2 N–H and O–H groups in total. The molecule has 0 saturated carbocycles. The van der Waals surface area contributed by atoms with Gasteiger partial charge >= 0.3 is 0 Å². The van der Waals surface area contributed by atoms with Crippen LogP contribution in [-0.4, -0.2) is 11.6 Å². The Balaban J connectivity index is 1.97. The van der Waals surface area contributed by atoms with Crippen LogP contribution in [0.5, 0.6) is 0 Å². The Morgan fingerprint density at radius 1 is 0.792 bits per heavy atom. The lowest BCUT2D eigenvalue weighted by Gasteiger charge is -2.17. The molecular weight excluding hydrogens is 324 g/mol. The molecule has 0 aliphatic heterocycles. The Morgan fingerprint density at radius 2 is 1.38 bits per heavy atom. The first-order valence-corrected chi connectivity index (χ1v) is 7.74. The molecule has 2 aromatic carbocycles. The molecule has 0 saturated heterocycles. The van der Waals surface area contributed by atoms with Crippen molar-refractivity contribution in [3.05, 3.63) is 88.1 Å². The number of fused-ring (bicyclic) bond motifs is 2. The van der Waals surface area contributed by atoms with Gasteiger partial charge in [0.05, 0.1) is 10.6 Å². The summed E-state index contributed by atoms with van der Waals surface area (Å²) >= 11 is 6.23. The summed E-state index contributed by atoms with van der Waals surface area (Å²) in [4.78, 5) is 25.5. The van der Waals surface area contributed by atoms with Crippen LogP contribution in [0.2, 0.25) is 5.02 Å². The number of nitrogen functional groups attached to an aromatic ring is 1. The third-order valence-electron chi connectivity index (χ3n) is 4.14. The molecule has 0 atom stereocenters. The summed E-state index contributed by atoms with van der Waals surface area (Å²) in [6, 6.07) is 15.5. The second-order valence-electron chi connectivity index (χ2n) is 5.55. The van der Waals surface area contributed by atoms with Gasteiger partial charge in [0.15, 0.2) is 17.3 Å². The first-order chi connectivity index (χ1) is 11.6. The summed E-state index contributed by atoms with van der Waals surface area (Å²) in [5.74, 6) is -0.0541. The second-order valence-corrected chi connectivity index (χ2v) is 5.96. The van der Waals surface area contributed by atoms with E-state index in [1.165, 1.54) is 6.07 Å². The van der Waals surface area contributed by atoms with Crippen LogP contribution in [0.3, 0.4) is 0 Å². The van der Waals surface area contributed by atoms with Gasteiger partial charge in [0, 0.05) is 22.8 Å². The fourth-order valence-corrected chi connectivity index (χ4v) is 3.19. The number of nitrogens with zero attached hydrogens (tertiary/aromatic N) is 1. The maximum absolute atomic E-state index is 12.8. The molecule has 3 aromatic rings. The number of anilines is 1. The average molecular weight is 336 g/mol. The first kappa shape index (κ1) is 14.6. The third kappa shape index (κ3) is 2.04. The predicted octanol–water partition coefficient (Wildman–Crippen LogP) is 2.97. The van der Waals surface area contributed by atoms with Crippen LogP contribution in [-0.2, 0) is 0 Å². The summed E-state index contributed by atoms with van der Waals surface area (Å²) in [5.41, 5.74) is 8.23. The summed E-state index contributed by atoms with van der Waals surface area (Å²) in [5, 5.41) is 0.504. The van der Waals surface area contributed by atoms with Crippen molar-refractivity contribution in [3.63, 3.8) is 0 Å². The van der Waals surface area contributed by atoms with Crippen molar-refractivity contribution < 1.29 is 14.2 Å². The molecule has 0 bridgehead atoms. The van der Waals surface area contributed by atoms with Crippen molar-refractivity contribution in [3.8, 4) is 5.69 Å². The zero-order valence-corrected chi connectivity index (χ0v) is 13.2. The number of carbonyl (C=O) groups excluding carboxylic acids is 2. The van der Waals surface area contributed by atoms with E-state index >= 15 is 0 Å². The number of hydrogen-bond donors (Lipinski definition) is 1. The van der Waals surface area contributed by atoms with Gasteiger partial charge in [-0.1, -0.05) is 48.0 Å². The van der Waals surface area contributed by atoms with E-state index in [9.17, 15) is 9.59 Å². The fourth-order valence-electron chi connectivity index (χ4n) is 2.96. The molecule has 0 amide bonds. The van der Waals surface area contributed by atoms with Gasteiger partial charge in [-0.25, -0.2) is 0 Å². The van der Waals surface area contributed by atoms with Gasteiger partial charge in [-0.05, 0) is 12.1 Å². The molecule has 0 radical (unpaired) electrons. The predicted molar refractivity (Wildman–Crippen MR) is 90.7 cm³/mol. The zero-order valence-electron chi connectivity index (χ0n) is 12.5. The highest BCUT2D eigenvalue weighted by Crippen LogP contribution is 2.28. The standard InChI is InChI=1S/C19H11ClN2O2/c20-15-7-3-4-8-16(15)22-10-14-13(9-17(22)21)18(23)11-5-1-2-6-12(11)19(14)24/h1-10,21H/p+1. The van der Waals surface area contributed by atoms with Crippen molar-refractivity contribution >= 4 is 29.0 Å². The molecule has 1 heterocycles. The molecular formula is C19H12ClN2O2+. The minimum absolute atomic E-state index is 0.194. The van der Waals surface area contributed by atoms with Crippen molar-refractivity contribution in [1.29, 1.82) is 0 Å². The number of nitrogens with two attached hydrogens (primary N) is 1. The number of hydrogen-bond acceptors (Lipinski definition) is 3. The summed E-state index contributed by atoms with van der Waals surface area (Å²) in [6.45, 7) is 0. The zero-order chi connectivity index (χ0) is 16.8. The van der Waals surface area contributed by atoms with E-state index in [-0.39, 0.29) is 11.6 Å². The first-order valence-electron chi connectivity index (χ1n) is 7.36. The molecule has 1 aliphatic carbocycles. The molecule has 1 aliphatic rings. The highest BCUT2D eigenvalue weighted by molar-refractivity contribution is 6.32. The second kappa shape index (κ2) is 5.28. The Bertz CT molecular complexity index is 1030. The molecule has 0 unspecified atom stereocenters.